The van der Waals surface area contributed by atoms with E-state index in [0.717, 1.165) is 26.2 Å². The first-order valence-corrected chi connectivity index (χ1v) is 6.99. The standard InChI is InChI=1S/C14H23F3N2O/c1-11(2)8-5-6-12(3,7-8)9(11)19-10(20)13(4,18)14(15,16)17/h8-9H,5-7,18H2,1-4H3,(H,19,20). The third kappa shape index (κ3) is 2.03. The molecule has 2 aliphatic rings. The van der Waals surface area contributed by atoms with Gasteiger partial charge in [0.2, 0.25) is 5.91 Å². The fourth-order valence-corrected chi connectivity index (χ4v) is 4.07. The van der Waals surface area contributed by atoms with Crippen LogP contribution < -0.4 is 11.1 Å². The van der Waals surface area contributed by atoms with Crippen molar-refractivity contribution < 1.29 is 18.0 Å². The van der Waals surface area contributed by atoms with E-state index in [1.807, 2.05) is 20.8 Å². The minimum absolute atomic E-state index is 0.120. The summed E-state index contributed by atoms with van der Waals surface area (Å²) in [5.74, 6) is -0.676. The molecule has 3 N–H and O–H groups in total. The second-order valence-electron chi connectivity index (χ2n) is 7.52. The van der Waals surface area contributed by atoms with E-state index >= 15 is 0 Å². The van der Waals surface area contributed by atoms with Crippen LogP contribution in [0.25, 0.3) is 0 Å². The molecule has 0 aromatic carbocycles. The molecule has 0 radical (unpaired) electrons. The van der Waals surface area contributed by atoms with Gasteiger partial charge in [-0.05, 0) is 42.9 Å². The van der Waals surface area contributed by atoms with Crippen LogP contribution in [-0.2, 0) is 4.79 Å². The molecule has 2 bridgehead atoms. The Morgan fingerprint density at radius 2 is 1.85 bits per heavy atom. The van der Waals surface area contributed by atoms with Crippen molar-refractivity contribution in [3.8, 4) is 0 Å². The van der Waals surface area contributed by atoms with E-state index in [9.17, 15) is 18.0 Å². The van der Waals surface area contributed by atoms with Crippen molar-refractivity contribution in [2.24, 2.45) is 22.5 Å². The first kappa shape index (κ1) is 15.6. The van der Waals surface area contributed by atoms with Gasteiger partial charge in [0, 0.05) is 6.04 Å². The molecule has 0 spiro atoms. The van der Waals surface area contributed by atoms with Gasteiger partial charge >= 0.3 is 6.18 Å². The lowest BCUT2D eigenvalue weighted by atomic mass is 9.68. The van der Waals surface area contributed by atoms with Crippen molar-refractivity contribution >= 4 is 5.91 Å². The summed E-state index contributed by atoms with van der Waals surface area (Å²) in [7, 11) is 0. The minimum Gasteiger partial charge on any atom is -0.350 e. The highest BCUT2D eigenvalue weighted by atomic mass is 19.4. The van der Waals surface area contributed by atoms with Crippen LogP contribution in [0, 0.1) is 16.7 Å². The fraction of sp³-hybridized carbons (Fsp3) is 0.929. The molecule has 0 aromatic heterocycles. The molecule has 20 heavy (non-hydrogen) atoms. The van der Waals surface area contributed by atoms with E-state index in [0.29, 0.717) is 5.92 Å². The first-order chi connectivity index (χ1) is 8.82. The molecule has 0 heterocycles. The van der Waals surface area contributed by atoms with Crippen molar-refractivity contribution in [3.63, 3.8) is 0 Å². The van der Waals surface area contributed by atoms with E-state index in [-0.39, 0.29) is 16.9 Å². The molecule has 1 amide bonds. The van der Waals surface area contributed by atoms with Crippen molar-refractivity contribution in [3.05, 3.63) is 0 Å². The summed E-state index contributed by atoms with van der Waals surface area (Å²) in [5, 5.41) is 2.60. The van der Waals surface area contributed by atoms with Gasteiger partial charge in [0.15, 0.2) is 5.54 Å². The Hall–Kier alpha value is -0.780. The van der Waals surface area contributed by atoms with Crippen LogP contribution in [0.3, 0.4) is 0 Å². The maximum atomic E-state index is 12.8. The molecule has 0 saturated heterocycles. The van der Waals surface area contributed by atoms with Crippen LogP contribution in [0.5, 0.6) is 0 Å². The van der Waals surface area contributed by atoms with E-state index < -0.39 is 17.6 Å². The van der Waals surface area contributed by atoms with Gasteiger partial charge in [0.1, 0.15) is 0 Å². The molecule has 0 aliphatic heterocycles. The van der Waals surface area contributed by atoms with Gasteiger partial charge in [0.25, 0.3) is 0 Å². The van der Waals surface area contributed by atoms with Crippen LogP contribution in [0.1, 0.15) is 47.0 Å². The maximum Gasteiger partial charge on any atom is 0.415 e. The molecule has 2 aliphatic carbocycles. The van der Waals surface area contributed by atoms with E-state index in [4.69, 9.17) is 5.73 Å². The van der Waals surface area contributed by atoms with Crippen molar-refractivity contribution in [2.45, 2.75) is 64.7 Å². The second-order valence-corrected chi connectivity index (χ2v) is 7.52. The molecule has 2 fully saturated rings. The van der Waals surface area contributed by atoms with Crippen molar-refractivity contribution in [1.82, 2.24) is 5.32 Å². The Labute approximate surface area is 117 Å². The number of nitrogens with one attached hydrogen (secondary N) is 1. The predicted octanol–water partition coefficient (Wildman–Crippen LogP) is 2.60. The Morgan fingerprint density at radius 1 is 1.30 bits per heavy atom. The number of halogens is 3. The first-order valence-electron chi connectivity index (χ1n) is 6.99. The molecule has 4 unspecified atom stereocenters. The molecule has 2 saturated carbocycles. The summed E-state index contributed by atoms with van der Waals surface area (Å²) in [6, 6.07) is -0.258. The summed E-state index contributed by atoms with van der Waals surface area (Å²) in [6.45, 7) is 6.82. The molecule has 116 valence electrons. The Balaban J connectivity index is 2.20. The lowest BCUT2D eigenvalue weighted by Crippen LogP contribution is -2.65. The number of nitrogens with two attached hydrogens (primary N) is 1. The van der Waals surface area contributed by atoms with Gasteiger partial charge in [0.05, 0.1) is 0 Å². The number of hydrogen-bond acceptors (Lipinski definition) is 2. The number of rotatable bonds is 2. The van der Waals surface area contributed by atoms with Crippen LogP contribution >= 0.6 is 0 Å². The largest absolute Gasteiger partial charge is 0.415 e. The van der Waals surface area contributed by atoms with E-state index in [2.05, 4.69) is 5.32 Å². The summed E-state index contributed by atoms with van der Waals surface area (Å²) in [6.07, 6.45) is -1.77. The molecular weight excluding hydrogens is 269 g/mol. The van der Waals surface area contributed by atoms with Gasteiger partial charge in [-0.3, -0.25) is 4.79 Å². The van der Waals surface area contributed by atoms with Gasteiger partial charge in [-0.1, -0.05) is 20.8 Å². The Morgan fingerprint density at radius 3 is 2.25 bits per heavy atom. The third-order valence-corrected chi connectivity index (χ3v) is 5.61. The van der Waals surface area contributed by atoms with Crippen LogP contribution in [0.15, 0.2) is 0 Å². The zero-order valence-electron chi connectivity index (χ0n) is 12.4. The third-order valence-electron chi connectivity index (χ3n) is 5.61. The number of carbonyl (C=O) groups is 1. The summed E-state index contributed by atoms with van der Waals surface area (Å²) in [5.41, 5.74) is 2.05. The minimum atomic E-state index is -4.75. The van der Waals surface area contributed by atoms with E-state index in [1.165, 1.54) is 0 Å². The smallest absolute Gasteiger partial charge is 0.350 e. The molecule has 0 aromatic rings. The fourth-order valence-electron chi connectivity index (χ4n) is 4.07. The van der Waals surface area contributed by atoms with Gasteiger partial charge in [-0.2, -0.15) is 13.2 Å². The number of alkyl halides is 3. The van der Waals surface area contributed by atoms with Crippen LogP contribution in [0.2, 0.25) is 0 Å². The van der Waals surface area contributed by atoms with E-state index in [1.54, 1.807) is 0 Å². The second kappa shape index (κ2) is 4.12. The normalized spacial score (nSPS) is 38.6. The summed E-state index contributed by atoms with van der Waals surface area (Å²) < 4.78 is 38.5. The topological polar surface area (TPSA) is 55.1 Å². The lowest BCUT2D eigenvalue weighted by Gasteiger charge is -2.44. The molecule has 6 heteroatoms. The van der Waals surface area contributed by atoms with Gasteiger partial charge < -0.3 is 11.1 Å². The van der Waals surface area contributed by atoms with Crippen molar-refractivity contribution in [2.75, 3.05) is 0 Å². The Bertz CT molecular complexity index is 426. The highest BCUT2D eigenvalue weighted by Gasteiger charge is 2.62. The van der Waals surface area contributed by atoms with Gasteiger partial charge in [-0.15, -0.1) is 0 Å². The van der Waals surface area contributed by atoms with Crippen molar-refractivity contribution in [1.29, 1.82) is 0 Å². The van der Waals surface area contributed by atoms with Crippen LogP contribution in [-0.4, -0.2) is 23.7 Å². The monoisotopic (exact) mass is 292 g/mol. The number of hydrogen-bond donors (Lipinski definition) is 2. The SMILES string of the molecule is CC12CCC(C1)C(C)(C)C2NC(=O)C(C)(N)C(F)(F)F. The lowest BCUT2D eigenvalue weighted by molar-refractivity contribution is -0.188. The van der Waals surface area contributed by atoms with Gasteiger partial charge in [-0.25, -0.2) is 0 Å². The Kier molecular flexibility index (Phi) is 3.21. The highest BCUT2D eigenvalue weighted by molar-refractivity contribution is 5.87. The predicted molar refractivity (Wildman–Crippen MR) is 69.8 cm³/mol. The molecular formula is C14H23F3N2O. The van der Waals surface area contributed by atoms with Crippen LogP contribution in [0.4, 0.5) is 13.2 Å². The number of fused-ring (bicyclic) bond motifs is 2. The maximum absolute atomic E-state index is 12.8. The molecule has 2 rings (SSSR count). The average molecular weight is 292 g/mol. The molecule has 3 nitrogen and oxygen atoms in total. The highest BCUT2D eigenvalue weighted by Crippen LogP contribution is 2.62. The number of carbonyl (C=O) groups excluding carboxylic acids is 1. The number of amides is 1. The zero-order chi connectivity index (χ0) is 15.6. The molecule has 4 atom stereocenters. The zero-order valence-corrected chi connectivity index (χ0v) is 12.4. The quantitative estimate of drug-likeness (QED) is 0.822. The average Bonchev–Trinajstić information content (AvgIpc) is 2.73. The summed E-state index contributed by atoms with van der Waals surface area (Å²) >= 11 is 0. The summed E-state index contributed by atoms with van der Waals surface area (Å²) in [4.78, 5) is 12.0.